The van der Waals surface area contributed by atoms with Crippen molar-refractivity contribution >= 4 is 7.68 Å². The normalized spacial score (nSPS) is 37.1. The fraction of sp³-hybridized carbons (Fsp3) is 1.00. The van der Waals surface area contributed by atoms with Gasteiger partial charge in [0.2, 0.25) is 0 Å². The third-order valence-electron chi connectivity index (χ3n) is 3.03. The molecule has 0 amide bonds. The standard InChI is InChI=1S/C8H12F5O2P/c9-8(10,11)7-5-14-16(12,13,15-7)6-3-1-2-4-6/h6-7H,1-5H2. The summed E-state index contributed by atoms with van der Waals surface area (Å²) in [6, 6.07) is 0. The zero-order valence-corrected chi connectivity index (χ0v) is 9.24. The fourth-order valence-electron chi connectivity index (χ4n) is 2.14. The first-order valence-electron chi connectivity index (χ1n) is 5.07. The Morgan fingerprint density at radius 3 is 2.06 bits per heavy atom. The van der Waals surface area contributed by atoms with E-state index in [1.165, 1.54) is 0 Å². The molecule has 1 saturated carbocycles. The predicted octanol–water partition coefficient (Wildman–Crippen LogP) is 4.06. The number of hydrogen-bond acceptors (Lipinski definition) is 2. The third kappa shape index (κ3) is 2.05. The summed E-state index contributed by atoms with van der Waals surface area (Å²) in [7, 11) is -6.02. The van der Waals surface area contributed by atoms with E-state index in [2.05, 4.69) is 9.05 Å². The molecule has 0 aromatic carbocycles. The monoisotopic (exact) mass is 266 g/mol. The van der Waals surface area contributed by atoms with Gasteiger partial charge in [0.05, 0.1) is 0 Å². The van der Waals surface area contributed by atoms with Crippen LogP contribution in [0.1, 0.15) is 25.7 Å². The van der Waals surface area contributed by atoms with E-state index in [0.29, 0.717) is 12.8 Å². The molecule has 1 unspecified atom stereocenters. The van der Waals surface area contributed by atoms with E-state index in [1.807, 2.05) is 0 Å². The van der Waals surface area contributed by atoms with E-state index < -0.39 is 32.2 Å². The summed E-state index contributed by atoms with van der Waals surface area (Å²) >= 11 is 0. The number of halogens is 5. The molecule has 2 rings (SSSR count). The minimum atomic E-state index is -6.02. The van der Waals surface area contributed by atoms with E-state index in [9.17, 15) is 21.6 Å². The molecule has 1 aliphatic carbocycles. The van der Waals surface area contributed by atoms with Crippen molar-refractivity contribution in [3.8, 4) is 0 Å². The Labute approximate surface area is 89.4 Å². The Balaban J connectivity index is 2.15. The summed E-state index contributed by atoms with van der Waals surface area (Å²) in [5.41, 5.74) is -1.14. The molecule has 2 fully saturated rings. The van der Waals surface area contributed by atoms with E-state index in [0.717, 1.165) is 0 Å². The van der Waals surface area contributed by atoms with Crippen molar-refractivity contribution in [2.75, 3.05) is 6.61 Å². The van der Waals surface area contributed by atoms with Crippen molar-refractivity contribution in [2.24, 2.45) is 0 Å². The molecule has 16 heavy (non-hydrogen) atoms. The van der Waals surface area contributed by atoms with E-state index in [1.54, 1.807) is 0 Å². The van der Waals surface area contributed by atoms with Crippen molar-refractivity contribution in [1.82, 2.24) is 0 Å². The second-order valence-corrected chi connectivity index (χ2v) is 7.03. The zero-order chi connectivity index (χ0) is 12.1. The van der Waals surface area contributed by atoms with Crippen LogP contribution < -0.4 is 0 Å². The molecule has 1 saturated heterocycles. The van der Waals surface area contributed by atoms with Crippen LogP contribution in [0.5, 0.6) is 0 Å². The van der Waals surface area contributed by atoms with Crippen molar-refractivity contribution in [3.05, 3.63) is 0 Å². The summed E-state index contributed by atoms with van der Waals surface area (Å²) < 4.78 is 73.0. The van der Waals surface area contributed by atoms with Gasteiger partial charge in [0.25, 0.3) is 0 Å². The molecule has 1 atom stereocenters. The first kappa shape index (κ1) is 12.5. The Morgan fingerprint density at radius 1 is 1.06 bits per heavy atom. The predicted molar refractivity (Wildman–Crippen MR) is 48.3 cm³/mol. The Morgan fingerprint density at radius 2 is 1.62 bits per heavy atom. The number of rotatable bonds is 1. The Hall–Kier alpha value is -0.0000000000000000208. The molecule has 1 heterocycles. The van der Waals surface area contributed by atoms with Crippen LogP contribution in [-0.4, -0.2) is 24.5 Å². The molecule has 0 radical (unpaired) electrons. The van der Waals surface area contributed by atoms with Crippen LogP contribution in [0, 0.1) is 0 Å². The molecule has 2 aliphatic rings. The van der Waals surface area contributed by atoms with Crippen molar-refractivity contribution < 1.29 is 30.6 Å². The van der Waals surface area contributed by atoms with Gasteiger partial charge < -0.3 is 0 Å². The first-order chi connectivity index (χ1) is 7.21. The maximum absolute atomic E-state index is 14.0. The Bertz CT molecular complexity index is 287. The van der Waals surface area contributed by atoms with Gasteiger partial charge in [-0.15, -0.1) is 0 Å². The van der Waals surface area contributed by atoms with Crippen LogP contribution in [0.25, 0.3) is 0 Å². The quantitative estimate of drug-likeness (QED) is 0.526. The summed E-state index contributed by atoms with van der Waals surface area (Å²) in [5.74, 6) is 0. The molecular weight excluding hydrogens is 254 g/mol. The maximum atomic E-state index is 14.0. The van der Waals surface area contributed by atoms with Gasteiger partial charge in [-0.3, -0.25) is 0 Å². The van der Waals surface area contributed by atoms with Crippen LogP contribution in [0.3, 0.4) is 0 Å². The van der Waals surface area contributed by atoms with E-state index >= 15 is 0 Å². The van der Waals surface area contributed by atoms with Crippen molar-refractivity contribution in [1.29, 1.82) is 0 Å². The molecule has 2 nitrogen and oxygen atoms in total. The van der Waals surface area contributed by atoms with Crippen molar-refractivity contribution in [3.63, 3.8) is 0 Å². The summed E-state index contributed by atoms with van der Waals surface area (Å²) in [4.78, 5) is 0. The van der Waals surface area contributed by atoms with Crippen molar-refractivity contribution in [2.45, 2.75) is 43.6 Å². The Kier molecular flexibility index (Phi) is 2.72. The van der Waals surface area contributed by atoms with Crippen LogP contribution in [-0.2, 0) is 9.05 Å². The molecule has 0 aromatic rings. The molecule has 0 N–H and O–H groups in total. The molecule has 0 bridgehead atoms. The van der Waals surface area contributed by atoms with Gasteiger partial charge in [-0.2, -0.15) is 0 Å². The van der Waals surface area contributed by atoms with E-state index in [-0.39, 0.29) is 12.8 Å². The van der Waals surface area contributed by atoms with Gasteiger partial charge in [-0.05, 0) is 0 Å². The second kappa shape index (κ2) is 3.50. The van der Waals surface area contributed by atoms with Crippen LogP contribution >= 0.6 is 7.68 Å². The van der Waals surface area contributed by atoms with Crippen LogP contribution in [0.4, 0.5) is 21.6 Å². The van der Waals surface area contributed by atoms with Gasteiger partial charge in [0, 0.05) is 0 Å². The SMILES string of the molecule is FC(F)(F)C1COP(F)(F)(C2CCCC2)O1. The summed E-state index contributed by atoms with van der Waals surface area (Å²) in [6.07, 6.45) is -5.68. The second-order valence-electron chi connectivity index (χ2n) is 4.19. The third-order valence-corrected chi connectivity index (χ3v) is 5.91. The zero-order valence-electron chi connectivity index (χ0n) is 8.34. The van der Waals surface area contributed by atoms with Gasteiger partial charge in [-0.1, -0.05) is 0 Å². The number of alkyl halides is 3. The first-order valence-corrected chi connectivity index (χ1v) is 6.99. The summed E-state index contributed by atoms with van der Waals surface area (Å²) in [6.45, 7) is -1.08. The van der Waals surface area contributed by atoms with Crippen LogP contribution in [0.2, 0.25) is 0 Å². The number of hydrogen-bond donors (Lipinski definition) is 0. The van der Waals surface area contributed by atoms with Gasteiger partial charge in [-0.25, -0.2) is 0 Å². The fourth-order valence-corrected chi connectivity index (χ4v) is 4.78. The van der Waals surface area contributed by atoms with Crippen LogP contribution in [0.15, 0.2) is 0 Å². The van der Waals surface area contributed by atoms with Gasteiger partial charge in [0.15, 0.2) is 0 Å². The average molecular weight is 266 g/mol. The molecule has 0 aromatic heterocycles. The molecule has 8 heteroatoms. The van der Waals surface area contributed by atoms with Gasteiger partial charge >= 0.3 is 88.5 Å². The van der Waals surface area contributed by atoms with E-state index in [4.69, 9.17) is 0 Å². The van der Waals surface area contributed by atoms with Gasteiger partial charge in [0.1, 0.15) is 0 Å². The molecular formula is C8H12F5O2P. The average Bonchev–Trinajstić information content (AvgIpc) is 2.71. The molecule has 96 valence electrons. The molecule has 0 spiro atoms. The molecule has 1 aliphatic heterocycles. The topological polar surface area (TPSA) is 18.5 Å². The summed E-state index contributed by atoms with van der Waals surface area (Å²) in [5, 5.41) is 0. The minimum absolute atomic E-state index is 0.190.